The second-order valence-electron chi connectivity index (χ2n) is 6.69. The highest BCUT2D eigenvalue weighted by atomic mass is 19.1. The van der Waals surface area contributed by atoms with Gasteiger partial charge >= 0.3 is 12.1 Å². The molecular formula is C17H22FNO5. The Kier molecular flexibility index (Phi) is 5.31. The van der Waals surface area contributed by atoms with Crippen molar-refractivity contribution in [1.29, 1.82) is 0 Å². The Morgan fingerprint density at radius 3 is 2.50 bits per heavy atom. The number of amides is 1. The highest BCUT2D eigenvalue weighted by molar-refractivity contribution is 5.92. The molecule has 0 heterocycles. The molecule has 1 aromatic carbocycles. The van der Waals surface area contributed by atoms with Gasteiger partial charge in [-0.2, -0.15) is 0 Å². The number of nitrogens with one attached hydrogen (secondary N) is 1. The predicted octanol–water partition coefficient (Wildman–Crippen LogP) is 3.05. The normalized spacial score (nSPS) is 19.9. The second-order valence-corrected chi connectivity index (χ2v) is 6.69. The van der Waals surface area contributed by atoms with Crippen molar-refractivity contribution in [3.63, 3.8) is 0 Å². The summed E-state index contributed by atoms with van der Waals surface area (Å²) in [7, 11) is 1.22. The van der Waals surface area contributed by atoms with Gasteiger partial charge in [-0.25, -0.2) is 14.0 Å². The van der Waals surface area contributed by atoms with Gasteiger partial charge in [-0.1, -0.05) is 0 Å². The largest absolute Gasteiger partial charge is 0.489 e. The molecular weight excluding hydrogens is 317 g/mol. The Labute approximate surface area is 140 Å². The number of alkyl carbamates (subject to hydrolysis) is 1. The number of rotatable bonds is 4. The summed E-state index contributed by atoms with van der Waals surface area (Å²) in [5.74, 6) is -0.933. The third kappa shape index (κ3) is 4.84. The third-order valence-corrected chi connectivity index (χ3v) is 3.46. The fourth-order valence-electron chi connectivity index (χ4n) is 2.31. The van der Waals surface area contributed by atoms with E-state index in [1.54, 1.807) is 20.8 Å². The van der Waals surface area contributed by atoms with Gasteiger partial charge in [0.1, 0.15) is 28.8 Å². The summed E-state index contributed by atoms with van der Waals surface area (Å²) in [6, 6.07) is 3.65. The van der Waals surface area contributed by atoms with E-state index in [0.717, 1.165) is 6.07 Å². The quantitative estimate of drug-likeness (QED) is 0.854. The van der Waals surface area contributed by atoms with Crippen LogP contribution in [0.3, 0.4) is 0 Å². The minimum Gasteiger partial charge on any atom is -0.489 e. The van der Waals surface area contributed by atoms with E-state index in [2.05, 4.69) is 10.1 Å². The zero-order chi connectivity index (χ0) is 17.9. The molecule has 24 heavy (non-hydrogen) atoms. The van der Waals surface area contributed by atoms with E-state index < -0.39 is 23.5 Å². The smallest absolute Gasteiger partial charge is 0.407 e. The molecule has 1 aliphatic rings. The molecule has 0 aromatic heterocycles. The van der Waals surface area contributed by atoms with Crippen molar-refractivity contribution in [2.75, 3.05) is 7.11 Å². The van der Waals surface area contributed by atoms with Crippen molar-refractivity contribution < 1.29 is 28.2 Å². The minimum absolute atomic E-state index is 0.0426. The number of esters is 1. The summed E-state index contributed by atoms with van der Waals surface area (Å²) in [5.41, 5.74) is -0.506. The summed E-state index contributed by atoms with van der Waals surface area (Å²) < 4.78 is 28.8. The Hall–Kier alpha value is -2.31. The standard InChI is InChI=1S/C17H22FNO5/c1-17(2,3)24-16(21)19-11-8-12(9-11)23-14-6-5-10(18)7-13(14)15(20)22-4/h5-7,11-12H,8-9H2,1-4H3,(H,19,21)/t11-,12+. The average molecular weight is 339 g/mol. The first-order valence-corrected chi connectivity index (χ1v) is 7.72. The van der Waals surface area contributed by atoms with Crippen LogP contribution < -0.4 is 10.1 Å². The van der Waals surface area contributed by atoms with Gasteiger partial charge in [-0.15, -0.1) is 0 Å². The summed E-state index contributed by atoms with van der Waals surface area (Å²) in [6.07, 6.45) is 0.524. The van der Waals surface area contributed by atoms with E-state index in [1.807, 2.05) is 0 Å². The fraction of sp³-hybridized carbons (Fsp3) is 0.529. The molecule has 0 unspecified atom stereocenters. The number of ether oxygens (including phenoxy) is 3. The van der Waals surface area contributed by atoms with Crippen LogP contribution in [0.1, 0.15) is 44.0 Å². The maximum atomic E-state index is 13.3. The molecule has 7 heteroatoms. The lowest BCUT2D eigenvalue weighted by Crippen LogP contribution is -2.50. The monoisotopic (exact) mass is 339 g/mol. The fourth-order valence-corrected chi connectivity index (χ4v) is 2.31. The van der Waals surface area contributed by atoms with Gasteiger partial charge in [0.2, 0.25) is 0 Å². The maximum absolute atomic E-state index is 13.3. The van der Waals surface area contributed by atoms with Crippen molar-refractivity contribution in [3.8, 4) is 5.75 Å². The van der Waals surface area contributed by atoms with Gasteiger partial charge in [0, 0.05) is 18.9 Å². The zero-order valence-electron chi connectivity index (χ0n) is 14.2. The molecule has 1 aliphatic carbocycles. The summed E-state index contributed by atoms with van der Waals surface area (Å²) in [6.45, 7) is 5.38. The summed E-state index contributed by atoms with van der Waals surface area (Å²) in [4.78, 5) is 23.3. The van der Waals surface area contributed by atoms with Gasteiger partial charge in [0.05, 0.1) is 7.11 Å². The lowest BCUT2D eigenvalue weighted by molar-refractivity contribution is 0.0358. The topological polar surface area (TPSA) is 73.9 Å². The van der Waals surface area contributed by atoms with Gasteiger partial charge in [0.15, 0.2) is 0 Å². The molecule has 1 fully saturated rings. The molecule has 1 saturated carbocycles. The predicted molar refractivity (Wildman–Crippen MR) is 84.5 cm³/mol. The van der Waals surface area contributed by atoms with E-state index in [-0.39, 0.29) is 23.5 Å². The number of halogens is 1. The van der Waals surface area contributed by atoms with Crippen molar-refractivity contribution in [1.82, 2.24) is 5.32 Å². The van der Waals surface area contributed by atoms with Gasteiger partial charge in [0.25, 0.3) is 0 Å². The molecule has 0 bridgehead atoms. The van der Waals surface area contributed by atoms with Crippen LogP contribution in [-0.2, 0) is 9.47 Å². The lowest BCUT2D eigenvalue weighted by Gasteiger charge is -2.36. The molecule has 0 atom stereocenters. The molecule has 6 nitrogen and oxygen atoms in total. The van der Waals surface area contributed by atoms with E-state index in [0.29, 0.717) is 12.8 Å². The third-order valence-electron chi connectivity index (χ3n) is 3.46. The maximum Gasteiger partial charge on any atom is 0.407 e. The molecule has 0 spiro atoms. The number of benzene rings is 1. The number of hydrogen-bond donors (Lipinski definition) is 1. The van der Waals surface area contributed by atoms with Crippen molar-refractivity contribution in [2.24, 2.45) is 0 Å². The number of methoxy groups -OCH3 is 1. The summed E-state index contributed by atoms with van der Waals surface area (Å²) >= 11 is 0. The van der Waals surface area contributed by atoms with Crippen molar-refractivity contribution in [2.45, 2.75) is 51.4 Å². The Morgan fingerprint density at radius 2 is 1.92 bits per heavy atom. The molecule has 0 aliphatic heterocycles. The van der Waals surface area contributed by atoms with Crippen LogP contribution in [0.2, 0.25) is 0 Å². The van der Waals surface area contributed by atoms with Crippen LogP contribution in [0.4, 0.5) is 9.18 Å². The van der Waals surface area contributed by atoms with Gasteiger partial charge in [-0.3, -0.25) is 0 Å². The lowest BCUT2D eigenvalue weighted by atomic mass is 9.89. The molecule has 0 radical (unpaired) electrons. The van der Waals surface area contributed by atoms with E-state index in [4.69, 9.17) is 9.47 Å². The second kappa shape index (κ2) is 7.07. The first-order chi connectivity index (χ1) is 11.2. The average Bonchev–Trinajstić information content (AvgIpc) is 2.43. The molecule has 1 amide bonds. The van der Waals surface area contributed by atoms with Gasteiger partial charge < -0.3 is 19.5 Å². The Bertz CT molecular complexity index is 620. The van der Waals surface area contributed by atoms with Crippen LogP contribution in [-0.4, -0.2) is 36.9 Å². The molecule has 0 saturated heterocycles. The molecule has 1 N–H and O–H groups in total. The Balaban J connectivity index is 1.88. The van der Waals surface area contributed by atoms with Crippen LogP contribution in [0, 0.1) is 5.82 Å². The van der Waals surface area contributed by atoms with Gasteiger partial charge in [-0.05, 0) is 39.0 Å². The molecule has 132 valence electrons. The van der Waals surface area contributed by atoms with E-state index in [1.165, 1.54) is 19.2 Å². The SMILES string of the molecule is COC(=O)c1cc(F)ccc1O[C@H]1C[C@@H](NC(=O)OC(C)(C)C)C1. The van der Waals surface area contributed by atoms with Crippen LogP contribution in [0.25, 0.3) is 0 Å². The number of carbonyl (C=O) groups excluding carboxylic acids is 2. The van der Waals surface area contributed by atoms with Crippen LogP contribution in [0.15, 0.2) is 18.2 Å². The van der Waals surface area contributed by atoms with Crippen LogP contribution >= 0.6 is 0 Å². The minimum atomic E-state index is -0.660. The number of carbonyl (C=O) groups is 2. The first kappa shape index (κ1) is 18.0. The Morgan fingerprint density at radius 1 is 1.25 bits per heavy atom. The highest BCUT2D eigenvalue weighted by Crippen LogP contribution is 2.29. The number of hydrogen-bond acceptors (Lipinski definition) is 5. The van der Waals surface area contributed by atoms with Crippen molar-refractivity contribution >= 4 is 12.1 Å². The van der Waals surface area contributed by atoms with E-state index >= 15 is 0 Å². The van der Waals surface area contributed by atoms with Crippen molar-refractivity contribution in [3.05, 3.63) is 29.6 Å². The van der Waals surface area contributed by atoms with Crippen LogP contribution in [0.5, 0.6) is 5.75 Å². The first-order valence-electron chi connectivity index (χ1n) is 7.72. The zero-order valence-corrected chi connectivity index (χ0v) is 14.2. The molecule has 1 aromatic rings. The molecule has 2 rings (SSSR count). The highest BCUT2D eigenvalue weighted by Gasteiger charge is 2.34. The van der Waals surface area contributed by atoms with E-state index in [9.17, 15) is 14.0 Å². The summed E-state index contributed by atoms with van der Waals surface area (Å²) in [5, 5.41) is 2.75.